The lowest BCUT2D eigenvalue weighted by molar-refractivity contribution is -0.116. The highest BCUT2D eigenvalue weighted by Crippen LogP contribution is 2.20. The van der Waals surface area contributed by atoms with Gasteiger partial charge in [-0.05, 0) is 49.9 Å². The summed E-state index contributed by atoms with van der Waals surface area (Å²) in [4.78, 5) is 18.3. The molecule has 0 saturated heterocycles. The first-order chi connectivity index (χ1) is 14.2. The van der Waals surface area contributed by atoms with Crippen molar-refractivity contribution in [1.29, 1.82) is 0 Å². The van der Waals surface area contributed by atoms with Gasteiger partial charge in [-0.25, -0.2) is 23.2 Å². The Hall–Kier alpha value is -3.08. The normalized spacial score (nSPS) is 12.7. The van der Waals surface area contributed by atoms with Gasteiger partial charge in [0.15, 0.2) is 0 Å². The molecule has 0 radical (unpaired) electrons. The van der Waals surface area contributed by atoms with Crippen LogP contribution in [0, 0.1) is 0 Å². The monoisotopic (exact) mass is 428 g/mol. The average Bonchev–Trinajstić information content (AvgIpc) is 3.26. The van der Waals surface area contributed by atoms with E-state index in [0.29, 0.717) is 12.2 Å². The Bertz CT molecular complexity index is 1100. The summed E-state index contributed by atoms with van der Waals surface area (Å²) in [5.74, 6) is -0.206. The second kappa shape index (κ2) is 9.16. The maximum Gasteiger partial charge on any atom is 0.238 e. The number of primary sulfonamides is 1. The molecule has 158 valence electrons. The van der Waals surface area contributed by atoms with Crippen molar-refractivity contribution in [3.63, 3.8) is 0 Å². The molecule has 0 aliphatic carbocycles. The molecular formula is C20H24N6O3S. The average molecular weight is 429 g/mol. The van der Waals surface area contributed by atoms with Crippen LogP contribution in [0.5, 0.6) is 0 Å². The smallest absolute Gasteiger partial charge is 0.238 e. The summed E-state index contributed by atoms with van der Waals surface area (Å²) < 4.78 is 24.6. The van der Waals surface area contributed by atoms with Crippen LogP contribution >= 0.6 is 0 Å². The van der Waals surface area contributed by atoms with Crippen molar-refractivity contribution in [3.8, 4) is 5.69 Å². The number of sulfonamides is 1. The molecule has 3 N–H and O–H groups in total. The SMILES string of the molecule is CC(c1ccc(-n2cncn2)cc1)N(C)CCC(=O)Nc1cccc(S(N)(=O)=O)c1. The zero-order chi connectivity index (χ0) is 21.7. The number of aromatic nitrogens is 3. The van der Waals surface area contributed by atoms with Crippen molar-refractivity contribution in [2.24, 2.45) is 5.14 Å². The summed E-state index contributed by atoms with van der Waals surface area (Å²) in [5, 5.41) is 11.9. The van der Waals surface area contributed by atoms with Crippen LogP contribution in [0.3, 0.4) is 0 Å². The van der Waals surface area contributed by atoms with Crippen molar-refractivity contribution in [2.75, 3.05) is 18.9 Å². The molecule has 0 saturated carbocycles. The Morgan fingerprint density at radius 2 is 1.97 bits per heavy atom. The number of hydrogen-bond donors (Lipinski definition) is 2. The highest BCUT2D eigenvalue weighted by Gasteiger charge is 2.14. The molecule has 0 spiro atoms. The molecule has 0 fully saturated rings. The van der Waals surface area contributed by atoms with Crippen LogP contribution < -0.4 is 10.5 Å². The van der Waals surface area contributed by atoms with E-state index in [9.17, 15) is 13.2 Å². The molecule has 1 heterocycles. The number of hydrogen-bond acceptors (Lipinski definition) is 6. The van der Waals surface area contributed by atoms with Crippen molar-refractivity contribution >= 4 is 21.6 Å². The van der Waals surface area contributed by atoms with Gasteiger partial charge in [0, 0.05) is 24.7 Å². The number of carbonyl (C=O) groups excluding carboxylic acids is 1. The van der Waals surface area contributed by atoms with Gasteiger partial charge in [0.05, 0.1) is 10.6 Å². The van der Waals surface area contributed by atoms with E-state index >= 15 is 0 Å². The Kier molecular flexibility index (Phi) is 6.60. The first-order valence-corrected chi connectivity index (χ1v) is 10.9. The van der Waals surface area contributed by atoms with Gasteiger partial charge in [0.25, 0.3) is 0 Å². The first-order valence-electron chi connectivity index (χ1n) is 9.32. The number of amides is 1. The largest absolute Gasteiger partial charge is 0.326 e. The Balaban J connectivity index is 1.54. The Labute approximate surface area is 175 Å². The summed E-state index contributed by atoms with van der Waals surface area (Å²) in [6.45, 7) is 2.60. The lowest BCUT2D eigenvalue weighted by Crippen LogP contribution is -2.27. The van der Waals surface area contributed by atoms with Gasteiger partial charge in [-0.15, -0.1) is 0 Å². The number of rotatable bonds is 8. The highest BCUT2D eigenvalue weighted by molar-refractivity contribution is 7.89. The molecule has 3 rings (SSSR count). The number of anilines is 1. The molecule has 1 atom stereocenters. The van der Waals surface area contributed by atoms with Crippen molar-refractivity contribution < 1.29 is 13.2 Å². The lowest BCUT2D eigenvalue weighted by Gasteiger charge is -2.25. The van der Waals surface area contributed by atoms with Gasteiger partial charge in [-0.3, -0.25) is 9.69 Å². The van der Waals surface area contributed by atoms with E-state index in [1.54, 1.807) is 17.1 Å². The van der Waals surface area contributed by atoms with Gasteiger partial charge in [-0.1, -0.05) is 18.2 Å². The summed E-state index contributed by atoms with van der Waals surface area (Å²) >= 11 is 0. The van der Waals surface area contributed by atoms with Crippen LogP contribution in [0.4, 0.5) is 5.69 Å². The minimum atomic E-state index is -3.81. The molecule has 30 heavy (non-hydrogen) atoms. The van der Waals surface area contributed by atoms with E-state index in [4.69, 9.17) is 5.14 Å². The Morgan fingerprint density at radius 3 is 2.60 bits per heavy atom. The molecular weight excluding hydrogens is 404 g/mol. The van der Waals surface area contributed by atoms with Crippen molar-refractivity contribution in [2.45, 2.75) is 24.3 Å². The maximum absolute atomic E-state index is 12.3. The van der Waals surface area contributed by atoms with Crippen LogP contribution in [0.15, 0.2) is 66.1 Å². The Morgan fingerprint density at radius 1 is 1.23 bits per heavy atom. The third kappa shape index (κ3) is 5.50. The number of nitrogens with one attached hydrogen (secondary N) is 1. The fraction of sp³-hybridized carbons (Fsp3) is 0.250. The zero-order valence-corrected chi connectivity index (χ0v) is 17.6. The molecule has 0 aliphatic rings. The summed E-state index contributed by atoms with van der Waals surface area (Å²) in [6.07, 6.45) is 3.39. The fourth-order valence-corrected chi connectivity index (χ4v) is 3.51. The van der Waals surface area contributed by atoms with Crippen LogP contribution in [0.2, 0.25) is 0 Å². The van der Waals surface area contributed by atoms with E-state index < -0.39 is 10.0 Å². The van der Waals surface area contributed by atoms with E-state index in [-0.39, 0.29) is 23.3 Å². The van der Waals surface area contributed by atoms with Crippen LogP contribution in [0.1, 0.15) is 24.9 Å². The molecule has 9 nitrogen and oxygen atoms in total. The second-order valence-electron chi connectivity index (χ2n) is 6.96. The summed E-state index contributed by atoms with van der Waals surface area (Å²) in [5.41, 5.74) is 2.43. The molecule has 1 unspecified atom stereocenters. The van der Waals surface area contributed by atoms with Crippen LogP contribution in [-0.4, -0.2) is 47.6 Å². The van der Waals surface area contributed by atoms with E-state index in [2.05, 4.69) is 27.2 Å². The number of benzene rings is 2. The fourth-order valence-electron chi connectivity index (χ4n) is 2.95. The van der Waals surface area contributed by atoms with Crippen LogP contribution in [-0.2, 0) is 14.8 Å². The van der Waals surface area contributed by atoms with Gasteiger partial charge in [-0.2, -0.15) is 5.10 Å². The van der Waals surface area contributed by atoms with E-state index in [0.717, 1.165) is 11.3 Å². The van der Waals surface area contributed by atoms with Gasteiger partial charge >= 0.3 is 0 Å². The highest BCUT2D eigenvalue weighted by atomic mass is 32.2. The van der Waals surface area contributed by atoms with Gasteiger partial charge in [0.2, 0.25) is 15.9 Å². The molecule has 1 amide bonds. The van der Waals surface area contributed by atoms with Crippen molar-refractivity contribution in [1.82, 2.24) is 19.7 Å². The van der Waals surface area contributed by atoms with Gasteiger partial charge < -0.3 is 5.32 Å². The third-order valence-electron chi connectivity index (χ3n) is 4.86. The third-order valence-corrected chi connectivity index (χ3v) is 5.77. The molecule has 0 aliphatic heterocycles. The first kappa shape index (κ1) is 21.6. The molecule has 0 bridgehead atoms. The van der Waals surface area contributed by atoms with E-state index in [1.807, 2.05) is 31.3 Å². The lowest BCUT2D eigenvalue weighted by atomic mass is 10.1. The molecule has 2 aromatic carbocycles. The number of carbonyl (C=O) groups is 1. The van der Waals surface area contributed by atoms with Gasteiger partial charge in [0.1, 0.15) is 12.7 Å². The zero-order valence-electron chi connectivity index (χ0n) is 16.8. The second-order valence-corrected chi connectivity index (χ2v) is 8.52. The topological polar surface area (TPSA) is 123 Å². The quantitative estimate of drug-likeness (QED) is 0.565. The van der Waals surface area contributed by atoms with Crippen molar-refractivity contribution in [3.05, 3.63) is 66.7 Å². The molecule has 3 aromatic rings. The standard InChI is InChI=1S/C20H24N6O3S/c1-15(16-6-8-18(9-7-16)26-14-22-13-23-26)25(2)11-10-20(27)24-17-4-3-5-19(12-17)30(21,28)29/h3-9,12-15H,10-11H2,1-2H3,(H,24,27)(H2,21,28,29). The number of nitrogens with two attached hydrogens (primary N) is 1. The van der Waals surface area contributed by atoms with Crippen LogP contribution in [0.25, 0.3) is 5.69 Å². The molecule has 10 heteroatoms. The predicted molar refractivity (Wildman–Crippen MR) is 113 cm³/mol. The minimum absolute atomic E-state index is 0.0413. The number of nitrogens with zero attached hydrogens (tertiary/aromatic N) is 4. The summed E-state index contributed by atoms with van der Waals surface area (Å²) in [6, 6.07) is 14.0. The summed E-state index contributed by atoms with van der Waals surface area (Å²) in [7, 11) is -1.87. The molecule has 1 aromatic heterocycles. The maximum atomic E-state index is 12.3. The predicted octanol–water partition coefficient (Wildman–Crippen LogP) is 1.94. The minimum Gasteiger partial charge on any atom is -0.326 e. The van der Waals surface area contributed by atoms with E-state index in [1.165, 1.54) is 24.5 Å².